The summed E-state index contributed by atoms with van der Waals surface area (Å²) < 4.78 is 2.65. The minimum atomic E-state index is 0.560. The first-order valence-corrected chi connectivity index (χ1v) is 12.9. The Morgan fingerprint density at radius 2 is 1.89 bits per heavy atom. The Balaban J connectivity index is 1.06. The molecule has 4 aromatic rings. The third-order valence-electron chi connectivity index (χ3n) is 7.63. The Morgan fingerprint density at radius 3 is 2.57 bits per heavy atom. The fourth-order valence-corrected chi connectivity index (χ4v) is 6.04. The standard InChI is InChI=1S/C27H24BrN7/c28-21-7-24(27-20(9-29)12-32-35(27)14-21)19-4-6-26(31-11-19)33-15-22-8-23(16-33)34(22)13-17-1-5-25(30-10-17)18-2-3-18/h1,4-7,10-12,14,18,22-23H,2-3,8,13,15-16H2. The first-order valence-electron chi connectivity index (χ1n) is 12.2. The van der Waals surface area contributed by atoms with Crippen molar-refractivity contribution in [3.05, 3.63) is 76.4 Å². The van der Waals surface area contributed by atoms with Crippen molar-refractivity contribution in [3.8, 4) is 17.2 Å². The summed E-state index contributed by atoms with van der Waals surface area (Å²) in [6.45, 7) is 2.98. The molecule has 4 fully saturated rings. The van der Waals surface area contributed by atoms with Gasteiger partial charge in [-0.25, -0.2) is 9.50 Å². The Morgan fingerprint density at radius 1 is 1.03 bits per heavy atom. The van der Waals surface area contributed by atoms with Gasteiger partial charge in [-0.15, -0.1) is 0 Å². The van der Waals surface area contributed by atoms with Gasteiger partial charge in [0.15, 0.2) is 0 Å². The number of piperazine rings is 1. The second kappa shape index (κ2) is 8.14. The van der Waals surface area contributed by atoms with Gasteiger partial charge in [0.25, 0.3) is 0 Å². The molecule has 8 heteroatoms. The van der Waals surface area contributed by atoms with Gasteiger partial charge in [0.05, 0.1) is 17.3 Å². The molecular formula is C27H24BrN7. The van der Waals surface area contributed by atoms with Gasteiger partial charge in [-0.1, -0.05) is 6.07 Å². The van der Waals surface area contributed by atoms with Crippen LogP contribution in [0.4, 0.5) is 5.82 Å². The van der Waals surface area contributed by atoms with E-state index in [0.29, 0.717) is 23.6 Å². The van der Waals surface area contributed by atoms with E-state index in [4.69, 9.17) is 9.97 Å². The Labute approximate surface area is 212 Å². The largest absolute Gasteiger partial charge is 0.353 e. The molecule has 2 bridgehead atoms. The molecule has 174 valence electrons. The summed E-state index contributed by atoms with van der Waals surface area (Å²) in [5.41, 5.74) is 5.87. The number of hydrogen-bond donors (Lipinski definition) is 0. The van der Waals surface area contributed by atoms with Crippen LogP contribution in [-0.4, -0.2) is 49.7 Å². The maximum atomic E-state index is 9.51. The van der Waals surface area contributed by atoms with Crippen LogP contribution in [-0.2, 0) is 6.54 Å². The van der Waals surface area contributed by atoms with Gasteiger partial charge in [0, 0.05) is 77.5 Å². The summed E-state index contributed by atoms with van der Waals surface area (Å²) in [4.78, 5) is 14.6. The highest BCUT2D eigenvalue weighted by atomic mass is 79.9. The molecule has 0 spiro atoms. The molecule has 0 amide bonds. The lowest BCUT2D eigenvalue weighted by molar-refractivity contribution is -0.00876. The fraction of sp³-hybridized carbons (Fsp3) is 0.333. The van der Waals surface area contributed by atoms with Crippen molar-refractivity contribution in [2.45, 2.75) is 43.8 Å². The SMILES string of the molecule is N#Cc1cnn2cc(Br)cc(-c3ccc(N4CC5CC(C4)N5Cc4ccc(C5CC5)nc4)nc3)c12. The highest BCUT2D eigenvalue weighted by molar-refractivity contribution is 9.10. The number of fused-ring (bicyclic) bond motifs is 3. The van der Waals surface area contributed by atoms with Gasteiger partial charge >= 0.3 is 0 Å². The number of rotatable bonds is 5. The van der Waals surface area contributed by atoms with Crippen molar-refractivity contribution in [1.29, 1.82) is 5.26 Å². The number of nitriles is 1. The third-order valence-corrected chi connectivity index (χ3v) is 8.07. The fourth-order valence-electron chi connectivity index (χ4n) is 5.62. The van der Waals surface area contributed by atoms with E-state index in [0.717, 1.165) is 46.6 Å². The lowest BCUT2D eigenvalue weighted by atomic mass is 9.87. The molecule has 0 aromatic carbocycles. The third kappa shape index (κ3) is 3.70. The summed E-state index contributed by atoms with van der Waals surface area (Å²) >= 11 is 3.56. The molecule has 8 rings (SSSR count). The zero-order valence-corrected chi connectivity index (χ0v) is 20.8. The van der Waals surface area contributed by atoms with Crippen LogP contribution >= 0.6 is 15.9 Å². The van der Waals surface area contributed by atoms with Crippen LogP contribution in [0, 0.1) is 11.3 Å². The lowest BCUT2D eigenvalue weighted by Gasteiger charge is -2.56. The van der Waals surface area contributed by atoms with Gasteiger partial charge in [-0.3, -0.25) is 9.88 Å². The number of hydrogen-bond acceptors (Lipinski definition) is 6. The summed E-state index contributed by atoms with van der Waals surface area (Å²) in [6, 6.07) is 14.1. The summed E-state index contributed by atoms with van der Waals surface area (Å²) in [5, 5.41) is 13.8. The molecule has 7 heterocycles. The predicted molar refractivity (Wildman–Crippen MR) is 137 cm³/mol. The topological polar surface area (TPSA) is 73.4 Å². The molecule has 0 radical (unpaired) electrons. The first kappa shape index (κ1) is 21.0. The number of aromatic nitrogens is 4. The molecule has 3 saturated heterocycles. The van der Waals surface area contributed by atoms with Gasteiger partial charge in [-0.2, -0.15) is 10.4 Å². The minimum Gasteiger partial charge on any atom is -0.353 e. The molecule has 4 aromatic heterocycles. The number of pyridine rings is 3. The van der Waals surface area contributed by atoms with E-state index >= 15 is 0 Å². The highest BCUT2D eigenvalue weighted by Gasteiger charge is 2.44. The van der Waals surface area contributed by atoms with Crippen LogP contribution in [0.5, 0.6) is 0 Å². The van der Waals surface area contributed by atoms with E-state index in [1.807, 2.05) is 18.5 Å². The van der Waals surface area contributed by atoms with Crippen LogP contribution in [0.1, 0.15) is 42.0 Å². The van der Waals surface area contributed by atoms with Crippen molar-refractivity contribution in [2.24, 2.45) is 0 Å². The van der Waals surface area contributed by atoms with Gasteiger partial charge < -0.3 is 4.90 Å². The second-order valence-electron chi connectivity index (χ2n) is 9.93. The quantitative estimate of drug-likeness (QED) is 0.373. The van der Waals surface area contributed by atoms with E-state index in [1.54, 1.807) is 10.7 Å². The van der Waals surface area contributed by atoms with Gasteiger partial charge in [0.2, 0.25) is 0 Å². The predicted octanol–water partition coefficient (Wildman–Crippen LogP) is 4.77. The van der Waals surface area contributed by atoms with Crippen molar-refractivity contribution >= 4 is 27.3 Å². The van der Waals surface area contributed by atoms with Crippen LogP contribution in [0.25, 0.3) is 16.6 Å². The molecule has 2 atom stereocenters. The summed E-state index contributed by atoms with van der Waals surface area (Å²) in [5.74, 6) is 1.72. The molecule has 3 aliphatic heterocycles. The maximum absolute atomic E-state index is 9.51. The van der Waals surface area contributed by atoms with Crippen molar-refractivity contribution in [2.75, 3.05) is 18.0 Å². The summed E-state index contributed by atoms with van der Waals surface area (Å²) in [6.07, 6.45) is 11.3. The zero-order chi connectivity index (χ0) is 23.5. The number of piperidine rings is 1. The van der Waals surface area contributed by atoms with E-state index in [1.165, 1.54) is 30.5 Å². The molecule has 2 unspecified atom stereocenters. The van der Waals surface area contributed by atoms with Crippen LogP contribution in [0.3, 0.4) is 0 Å². The smallest absolute Gasteiger partial charge is 0.128 e. The number of halogens is 1. The molecule has 7 nitrogen and oxygen atoms in total. The normalized spacial score (nSPS) is 21.7. The maximum Gasteiger partial charge on any atom is 0.128 e. The lowest BCUT2D eigenvalue weighted by Crippen LogP contribution is -2.68. The monoisotopic (exact) mass is 525 g/mol. The van der Waals surface area contributed by atoms with E-state index in [-0.39, 0.29) is 0 Å². The van der Waals surface area contributed by atoms with Crippen molar-refractivity contribution in [1.82, 2.24) is 24.5 Å². The van der Waals surface area contributed by atoms with E-state index in [9.17, 15) is 5.26 Å². The Kier molecular flexibility index (Phi) is 4.90. The molecular weight excluding hydrogens is 502 g/mol. The Hall–Kier alpha value is -3.28. The van der Waals surface area contributed by atoms with E-state index < -0.39 is 0 Å². The van der Waals surface area contributed by atoms with Gasteiger partial charge in [0.1, 0.15) is 11.9 Å². The first-order chi connectivity index (χ1) is 17.2. The molecule has 1 aliphatic carbocycles. The average molecular weight is 526 g/mol. The molecule has 0 N–H and O–H groups in total. The average Bonchev–Trinajstić information content (AvgIpc) is 3.67. The number of nitrogens with zero attached hydrogens (tertiary/aromatic N) is 7. The minimum absolute atomic E-state index is 0.560. The zero-order valence-electron chi connectivity index (χ0n) is 19.2. The van der Waals surface area contributed by atoms with E-state index in [2.05, 4.69) is 67.4 Å². The van der Waals surface area contributed by atoms with Crippen LogP contribution in [0.2, 0.25) is 0 Å². The Bertz CT molecular complexity index is 1440. The highest BCUT2D eigenvalue weighted by Crippen LogP contribution is 2.39. The van der Waals surface area contributed by atoms with Crippen LogP contribution in [0.15, 0.2) is 59.6 Å². The van der Waals surface area contributed by atoms with Crippen molar-refractivity contribution < 1.29 is 0 Å². The molecule has 1 saturated carbocycles. The number of anilines is 1. The van der Waals surface area contributed by atoms with Gasteiger partial charge in [-0.05, 0) is 65.0 Å². The molecule has 4 aliphatic rings. The van der Waals surface area contributed by atoms with Crippen molar-refractivity contribution in [3.63, 3.8) is 0 Å². The summed E-state index contributed by atoms with van der Waals surface area (Å²) in [7, 11) is 0. The molecule has 35 heavy (non-hydrogen) atoms. The van der Waals surface area contributed by atoms with Crippen LogP contribution < -0.4 is 4.90 Å². The second-order valence-corrected chi connectivity index (χ2v) is 10.8.